The first-order valence-corrected chi connectivity index (χ1v) is 5.56. The Morgan fingerprint density at radius 1 is 1.06 bits per heavy atom. The molecule has 0 radical (unpaired) electrons. The summed E-state index contributed by atoms with van der Waals surface area (Å²) in [6.07, 6.45) is -0.182. The van der Waals surface area contributed by atoms with Crippen molar-refractivity contribution in [3.05, 3.63) is 29.8 Å². The third kappa shape index (κ3) is 4.73. The number of nitrogens with zero attached hydrogens (tertiary/aromatic N) is 1. The molecule has 0 bridgehead atoms. The Morgan fingerprint density at radius 2 is 1.65 bits per heavy atom. The van der Waals surface area contributed by atoms with E-state index in [-0.39, 0.29) is 6.29 Å². The summed E-state index contributed by atoms with van der Waals surface area (Å²) in [7, 11) is 7.00. The van der Waals surface area contributed by atoms with Gasteiger partial charge in [-0.1, -0.05) is 12.1 Å². The molecule has 0 saturated carbocycles. The Hall–Kier alpha value is -1.10. The maximum absolute atomic E-state index is 5.16. The number of ether oxygens (including phenoxy) is 3. The van der Waals surface area contributed by atoms with Gasteiger partial charge in [0, 0.05) is 27.3 Å². The van der Waals surface area contributed by atoms with Gasteiger partial charge >= 0.3 is 0 Å². The van der Waals surface area contributed by atoms with Crippen LogP contribution in [0, 0.1) is 0 Å². The molecule has 0 N–H and O–H groups in total. The van der Waals surface area contributed by atoms with Gasteiger partial charge in [0.1, 0.15) is 5.75 Å². The fraction of sp³-hybridized carbons (Fsp3) is 0.538. The van der Waals surface area contributed by atoms with E-state index in [1.807, 2.05) is 19.2 Å². The monoisotopic (exact) mass is 239 g/mol. The quantitative estimate of drug-likeness (QED) is 0.678. The fourth-order valence-corrected chi connectivity index (χ4v) is 1.61. The van der Waals surface area contributed by atoms with Gasteiger partial charge < -0.3 is 14.2 Å². The average Bonchev–Trinajstić information content (AvgIpc) is 2.37. The van der Waals surface area contributed by atoms with Gasteiger partial charge in [0.05, 0.1) is 7.11 Å². The number of methoxy groups -OCH3 is 3. The number of hydrogen-bond donors (Lipinski definition) is 0. The smallest absolute Gasteiger partial charge is 0.169 e. The highest BCUT2D eigenvalue weighted by atomic mass is 16.7. The molecule has 1 aromatic carbocycles. The Balaban J connectivity index is 2.46. The molecule has 0 spiro atoms. The first kappa shape index (κ1) is 14.0. The van der Waals surface area contributed by atoms with Crippen LogP contribution in [0.1, 0.15) is 5.56 Å². The zero-order valence-electron chi connectivity index (χ0n) is 11.0. The van der Waals surface area contributed by atoms with E-state index in [1.165, 1.54) is 5.56 Å². The molecule has 0 aromatic heterocycles. The minimum atomic E-state index is -0.182. The maximum atomic E-state index is 5.16. The zero-order chi connectivity index (χ0) is 12.7. The summed E-state index contributed by atoms with van der Waals surface area (Å²) < 4.78 is 15.4. The molecule has 0 fully saturated rings. The van der Waals surface area contributed by atoms with Crippen molar-refractivity contribution in [2.45, 2.75) is 12.8 Å². The van der Waals surface area contributed by atoms with Crippen molar-refractivity contribution in [3.8, 4) is 5.75 Å². The van der Waals surface area contributed by atoms with Gasteiger partial charge in [-0.3, -0.25) is 4.90 Å². The lowest BCUT2D eigenvalue weighted by Crippen LogP contribution is -2.31. The van der Waals surface area contributed by atoms with Crippen LogP contribution in [0.5, 0.6) is 5.75 Å². The number of benzene rings is 1. The number of hydrogen-bond acceptors (Lipinski definition) is 4. The maximum Gasteiger partial charge on any atom is 0.169 e. The second-order valence-corrected chi connectivity index (χ2v) is 3.95. The van der Waals surface area contributed by atoms with Crippen molar-refractivity contribution < 1.29 is 14.2 Å². The summed E-state index contributed by atoms with van der Waals surface area (Å²) in [4.78, 5) is 2.15. The van der Waals surface area contributed by atoms with Crippen LogP contribution in [0.15, 0.2) is 24.3 Å². The van der Waals surface area contributed by atoms with Crippen molar-refractivity contribution in [1.29, 1.82) is 0 Å². The van der Waals surface area contributed by atoms with Crippen LogP contribution in [0.2, 0.25) is 0 Å². The molecule has 1 aromatic rings. The van der Waals surface area contributed by atoms with E-state index in [0.29, 0.717) is 0 Å². The average molecular weight is 239 g/mol. The highest BCUT2D eigenvalue weighted by Crippen LogP contribution is 2.12. The molecule has 0 saturated heterocycles. The molecule has 17 heavy (non-hydrogen) atoms. The number of rotatable bonds is 7. The van der Waals surface area contributed by atoms with E-state index >= 15 is 0 Å². The van der Waals surface area contributed by atoms with Crippen LogP contribution < -0.4 is 4.74 Å². The largest absolute Gasteiger partial charge is 0.497 e. The van der Waals surface area contributed by atoms with Crippen LogP contribution in [0.25, 0.3) is 0 Å². The van der Waals surface area contributed by atoms with Crippen LogP contribution >= 0.6 is 0 Å². The highest BCUT2D eigenvalue weighted by Gasteiger charge is 2.09. The Bertz CT molecular complexity index is 309. The lowest BCUT2D eigenvalue weighted by molar-refractivity contribution is -0.114. The third-order valence-corrected chi connectivity index (χ3v) is 2.60. The summed E-state index contributed by atoms with van der Waals surface area (Å²) in [5.41, 5.74) is 1.24. The predicted octanol–water partition coefficient (Wildman–Crippen LogP) is 1.75. The Kier molecular flexibility index (Phi) is 5.97. The van der Waals surface area contributed by atoms with Gasteiger partial charge in [0.15, 0.2) is 6.29 Å². The van der Waals surface area contributed by atoms with Gasteiger partial charge in [-0.05, 0) is 24.7 Å². The van der Waals surface area contributed by atoms with E-state index < -0.39 is 0 Å². The van der Waals surface area contributed by atoms with Crippen LogP contribution in [-0.4, -0.2) is 46.1 Å². The molecule has 4 nitrogen and oxygen atoms in total. The minimum Gasteiger partial charge on any atom is -0.497 e. The topological polar surface area (TPSA) is 30.9 Å². The van der Waals surface area contributed by atoms with Crippen molar-refractivity contribution in [3.63, 3.8) is 0 Å². The van der Waals surface area contributed by atoms with Gasteiger partial charge in [0.25, 0.3) is 0 Å². The van der Waals surface area contributed by atoms with E-state index in [4.69, 9.17) is 14.2 Å². The Labute approximate surface area is 103 Å². The lowest BCUT2D eigenvalue weighted by Gasteiger charge is -2.22. The van der Waals surface area contributed by atoms with Crippen molar-refractivity contribution in [1.82, 2.24) is 4.90 Å². The zero-order valence-corrected chi connectivity index (χ0v) is 11.0. The molecule has 1 rings (SSSR count). The second-order valence-electron chi connectivity index (χ2n) is 3.95. The predicted molar refractivity (Wildman–Crippen MR) is 67.1 cm³/mol. The van der Waals surface area contributed by atoms with E-state index in [2.05, 4.69) is 17.0 Å². The van der Waals surface area contributed by atoms with E-state index in [0.717, 1.165) is 18.8 Å². The summed E-state index contributed by atoms with van der Waals surface area (Å²) in [6, 6.07) is 8.05. The normalized spacial score (nSPS) is 11.2. The van der Waals surface area contributed by atoms with Crippen molar-refractivity contribution in [2.75, 3.05) is 34.9 Å². The summed E-state index contributed by atoms with van der Waals surface area (Å²) in [6.45, 7) is 1.59. The molecular formula is C13H21NO3. The van der Waals surface area contributed by atoms with Crippen LogP contribution in [0.3, 0.4) is 0 Å². The summed E-state index contributed by atoms with van der Waals surface area (Å²) in [5, 5.41) is 0. The van der Waals surface area contributed by atoms with Crippen LogP contribution in [-0.2, 0) is 16.0 Å². The molecule has 96 valence electrons. The molecule has 0 aliphatic carbocycles. The van der Waals surface area contributed by atoms with Gasteiger partial charge in [-0.25, -0.2) is 0 Å². The summed E-state index contributed by atoms with van der Waals surface area (Å²) >= 11 is 0. The molecule has 0 aliphatic heterocycles. The molecule has 0 amide bonds. The molecule has 4 heteroatoms. The molecule has 0 unspecified atom stereocenters. The molecule has 0 heterocycles. The van der Waals surface area contributed by atoms with E-state index in [1.54, 1.807) is 21.3 Å². The van der Waals surface area contributed by atoms with Gasteiger partial charge in [-0.2, -0.15) is 0 Å². The van der Waals surface area contributed by atoms with Gasteiger partial charge in [0.2, 0.25) is 0 Å². The minimum absolute atomic E-state index is 0.182. The fourth-order valence-electron chi connectivity index (χ4n) is 1.61. The molecule has 0 aliphatic rings. The first-order chi connectivity index (χ1) is 8.19. The van der Waals surface area contributed by atoms with Gasteiger partial charge in [-0.15, -0.1) is 0 Å². The Morgan fingerprint density at radius 3 is 2.12 bits per heavy atom. The first-order valence-electron chi connectivity index (χ1n) is 5.56. The standard InChI is InChI=1S/C13H21NO3/c1-14(10-13(16-3)17-4)9-11-5-7-12(15-2)8-6-11/h5-8,13H,9-10H2,1-4H3. The van der Waals surface area contributed by atoms with Crippen molar-refractivity contribution in [2.24, 2.45) is 0 Å². The van der Waals surface area contributed by atoms with Crippen LogP contribution in [0.4, 0.5) is 0 Å². The highest BCUT2D eigenvalue weighted by molar-refractivity contribution is 5.26. The molecule has 0 atom stereocenters. The SMILES string of the molecule is COc1ccc(CN(C)CC(OC)OC)cc1. The molecular weight excluding hydrogens is 218 g/mol. The summed E-state index contributed by atoms with van der Waals surface area (Å²) in [5.74, 6) is 0.878. The second kappa shape index (κ2) is 7.27. The lowest BCUT2D eigenvalue weighted by atomic mass is 10.2. The van der Waals surface area contributed by atoms with Crippen molar-refractivity contribution >= 4 is 0 Å². The number of likely N-dealkylation sites (N-methyl/N-ethyl adjacent to an activating group) is 1. The van der Waals surface area contributed by atoms with E-state index in [9.17, 15) is 0 Å². The third-order valence-electron chi connectivity index (χ3n) is 2.60.